The van der Waals surface area contributed by atoms with Crippen molar-refractivity contribution in [3.63, 3.8) is 0 Å². The summed E-state index contributed by atoms with van der Waals surface area (Å²) in [7, 11) is 1.62. The van der Waals surface area contributed by atoms with Crippen molar-refractivity contribution >= 4 is 5.91 Å². The second-order valence-electron chi connectivity index (χ2n) is 8.44. The van der Waals surface area contributed by atoms with Crippen LogP contribution in [0.1, 0.15) is 33.9 Å². The molecule has 1 heterocycles. The second kappa shape index (κ2) is 11.6. The van der Waals surface area contributed by atoms with Gasteiger partial charge < -0.3 is 15.0 Å². The van der Waals surface area contributed by atoms with Gasteiger partial charge in [0, 0.05) is 38.3 Å². The van der Waals surface area contributed by atoms with Crippen molar-refractivity contribution in [1.29, 1.82) is 0 Å². The molecule has 1 amide bonds. The summed E-state index contributed by atoms with van der Waals surface area (Å²) in [5.41, 5.74) is 3.36. The van der Waals surface area contributed by atoms with Crippen LogP contribution < -0.4 is 10.1 Å². The van der Waals surface area contributed by atoms with Crippen molar-refractivity contribution in [2.24, 2.45) is 0 Å². The van der Waals surface area contributed by atoms with Gasteiger partial charge in [0.25, 0.3) is 5.91 Å². The van der Waals surface area contributed by atoms with Gasteiger partial charge in [0.15, 0.2) is 0 Å². The quantitative estimate of drug-likeness (QED) is 0.503. The van der Waals surface area contributed by atoms with Crippen LogP contribution in [0.15, 0.2) is 84.9 Å². The summed E-state index contributed by atoms with van der Waals surface area (Å²) in [5.74, 6) is 0.725. The van der Waals surface area contributed by atoms with Gasteiger partial charge in [-0.15, -0.1) is 0 Å². The Morgan fingerprint density at radius 3 is 1.97 bits per heavy atom. The summed E-state index contributed by atoms with van der Waals surface area (Å²) in [6, 6.07) is 29.1. The number of nitrogens with one attached hydrogen (secondary N) is 1. The molecule has 0 aromatic heterocycles. The summed E-state index contributed by atoms with van der Waals surface area (Å²) in [6.07, 6.45) is 0.947. The molecule has 172 valence electrons. The highest BCUT2D eigenvalue weighted by Gasteiger charge is 2.26. The van der Waals surface area contributed by atoms with Crippen molar-refractivity contribution in [2.45, 2.75) is 12.5 Å². The lowest BCUT2D eigenvalue weighted by molar-refractivity contribution is 0.0941. The minimum Gasteiger partial charge on any atom is -0.497 e. The van der Waals surface area contributed by atoms with Crippen molar-refractivity contribution in [2.75, 3.05) is 46.4 Å². The lowest BCUT2D eigenvalue weighted by Gasteiger charge is -2.39. The zero-order valence-electron chi connectivity index (χ0n) is 19.3. The molecule has 3 aromatic carbocycles. The number of carbonyl (C=O) groups is 1. The maximum absolute atomic E-state index is 12.3. The molecule has 0 aliphatic carbocycles. The van der Waals surface area contributed by atoms with Crippen LogP contribution >= 0.6 is 0 Å². The second-order valence-corrected chi connectivity index (χ2v) is 8.44. The van der Waals surface area contributed by atoms with Gasteiger partial charge in [-0.3, -0.25) is 9.69 Å². The molecule has 0 radical (unpaired) electrons. The SMILES string of the molecule is COc1ccc(C(=O)NCCCN2CCN(C(c3ccccc3)c3ccccc3)CC2)cc1. The van der Waals surface area contributed by atoms with E-state index in [0.717, 1.165) is 44.9 Å². The maximum atomic E-state index is 12.3. The molecule has 0 bridgehead atoms. The van der Waals surface area contributed by atoms with E-state index in [1.165, 1.54) is 11.1 Å². The third-order valence-corrected chi connectivity index (χ3v) is 6.29. The van der Waals surface area contributed by atoms with Crippen molar-refractivity contribution in [3.8, 4) is 5.75 Å². The van der Waals surface area contributed by atoms with Crippen LogP contribution in [0.4, 0.5) is 0 Å². The van der Waals surface area contributed by atoms with Crippen LogP contribution in [0.25, 0.3) is 0 Å². The Labute approximate surface area is 197 Å². The molecule has 1 saturated heterocycles. The molecule has 0 unspecified atom stereocenters. The van der Waals surface area contributed by atoms with Gasteiger partial charge in [-0.25, -0.2) is 0 Å². The van der Waals surface area contributed by atoms with Crippen LogP contribution in [0, 0.1) is 0 Å². The Kier molecular flexibility index (Phi) is 8.12. The van der Waals surface area contributed by atoms with Gasteiger partial charge in [-0.1, -0.05) is 60.7 Å². The Morgan fingerprint density at radius 2 is 1.42 bits per heavy atom. The third kappa shape index (κ3) is 6.21. The van der Waals surface area contributed by atoms with Crippen LogP contribution in [0.3, 0.4) is 0 Å². The fraction of sp³-hybridized carbons (Fsp3) is 0.321. The van der Waals surface area contributed by atoms with Gasteiger partial charge in [0.1, 0.15) is 5.75 Å². The molecule has 1 aliphatic rings. The molecular weight excluding hydrogens is 410 g/mol. The number of hydrogen-bond acceptors (Lipinski definition) is 4. The number of ether oxygens (including phenoxy) is 1. The molecule has 0 spiro atoms. The predicted octanol–water partition coefficient (Wildman–Crippen LogP) is 4.22. The van der Waals surface area contributed by atoms with E-state index < -0.39 is 0 Å². The normalized spacial score (nSPS) is 14.8. The lowest BCUT2D eigenvalue weighted by Crippen LogP contribution is -2.48. The molecule has 3 aromatic rings. The first-order valence-corrected chi connectivity index (χ1v) is 11.7. The first kappa shape index (κ1) is 23.0. The van der Waals surface area contributed by atoms with Gasteiger partial charge in [-0.2, -0.15) is 0 Å². The first-order chi connectivity index (χ1) is 16.2. The number of hydrogen-bond donors (Lipinski definition) is 1. The molecule has 4 rings (SSSR count). The topological polar surface area (TPSA) is 44.8 Å². The lowest BCUT2D eigenvalue weighted by atomic mass is 9.96. The molecule has 1 aliphatic heterocycles. The zero-order valence-corrected chi connectivity index (χ0v) is 19.3. The van der Waals surface area contributed by atoms with E-state index in [0.29, 0.717) is 18.2 Å². The zero-order chi connectivity index (χ0) is 22.9. The van der Waals surface area contributed by atoms with Gasteiger partial charge in [-0.05, 0) is 48.4 Å². The van der Waals surface area contributed by atoms with E-state index in [1.54, 1.807) is 19.2 Å². The fourth-order valence-corrected chi connectivity index (χ4v) is 4.48. The maximum Gasteiger partial charge on any atom is 0.251 e. The smallest absolute Gasteiger partial charge is 0.251 e. The van der Waals surface area contributed by atoms with E-state index in [9.17, 15) is 4.79 Å². The van der Waals surface area contributed by atoms with Gasteiger partial charge in [0.05, 0.1) is 13.2 Å². The standard InChI is InChI=1S/C28H33N3O2/c1-33-26-15-13-25(14-16-26)28(32)29-17-8-18-30-19-21-31(22-20-30)27(23-9-4-2-5-10-23)24-11-6-3-7-12-24/h2-7,9-16,27H,8,17-22H2,1H3,(H,29,32). The predicted molar refractivity (Wildman–Crippen MR) is 133 cm³/mol. The summed E-state index contributed by atoms with van der Waals surface area (Å²) in [5, 5.41) is 3.03. The number of methoxy groups -OCH3 is 1. The number of nitrogens with zero attached hydrogens (tertiary/aromatic N) is 2. The third-order valence-electron chi connectivity index (χ3n) is 6.29. The van der Waals surface area contributed by atoms with Crippen molar-refractivity contribution in [3.05, 3.63) is 102 Å². The average molecular weight is 444 g/mol. The first-order valence-electron chi connectivity index (χ1n) is 11.7. The summed E-state index contributed by atoms with van der Waals surface area (Å²) in [4.78, 5) is 17.4. The van der Waals surface area contributed by atoms with E-state index >= 15 is 0 Å². The molecule has 5 nitrogen and oxygen atoms in total. The Bertz CT molecular complexity index is 945. The Morgan fingerprint density at radius 1 is 0.848 bits per heavy atom. The molecule has 5 heteroatoms. The van der Waals surface area contributed by atoms with E-state index in [1.807, 2.05) is 12.1 Å². The highest BCUT2D eigenvalue weighted by Crippen LogP contribution is 2.29. The molecule has 33 heavy (non-hydrogen) atoms. The minimum absolute atomic E-state index is 0.0314. The van der Waals surface area contributed by atoms with Crippen LogP contribution in [0.5, 0.6) is 5.75 Å². The van der Waals surface area contributed by atoms with Gasteiger partial charge >= 0.3 is 0 Å². The fourth-order valence-electron chi connectivity index (χ4n) is 4.48. The van der Waals surface area contributed by atoms with Crippen molar-refractivity contribution in [1.82, 2.24) is 15.1 Å². The van der Waals surface area contributed by atoms with Crippen LogP contribution in [0.2, 0.25) is 0 Å². The van der Waals surface area contributed by atoms with Crippen LogP contribution in [-0.4, -0.2) is 62.1 Å². The number of rotatable bonds is 9. The van der Waals surface area contributed by atoms with Crippen LogP contribution in [-0.2, 0) is 0 Å². The molecule has 1 fully saturated rings. The average Bonchev–Trinajstić information content (AvgIpc) is 2.89. The monoisotopic (exact) mass is 443 g/mol. The molecule has 1 N–H and O–H groups in total. The Hall–Kier alpha value is -3.15. The largest absolute Gasteiger partial charge is 0.497 e. The highest BCUT2D eigenvalue weighted by atomic mass is 16.5. The number of benzene rings is 3. The highest BCUT2D eigenvalue weighted by molar-refractivity contribution is 5.94. The molecule has 0 atom stereocenters. The Balaban J connectivity index is 1.24. The van der Waals surface area contributed by atoms with Gasteiger partial charge in [0.2, 0.25) is 0 Å². The summed E-state index contributed by atoms with van der Waals surface area (Å²) in [6.45, 7) is 5.84. The van der Waals surface area contributed by atoms with E-state index in [2.05, 4.69) is 75.8 Å². The summed E-state index contributed by atoms with van der Waals surface area (Å²) >= 11 is 0. The summed E-state index contributed by atoms with van der Waals surface area (Å²) < 4.78 is 5.15. The van der Waals surface area contributed by atoms with E-state index in [-0.39, 0.29) is 5.91 Å². The number of carbonyl (C=O) groups excluding carboxylic acids is 1. The number of piperazine rings is 1. The minimum atomic E-state index is -0.0314. The molecule has 0 saturated carbocycles. The molecular formula is C28H33N3O2. The van der Waals surface area contributed by atoms with E-state index in [4.69, 9.17) is 4.74 Å². The number of amides is 1. The van der Waals surface area contributed by atoms with Crippen molar-refractivity contribution < 1.29 is 9.53 Å².